The number of benzene rings is 2. The predicted molar refractivity (Wildman–Crippen MR) is 87.9 cm³/mol. The number of thiazole rings is 1. The van der Waals surface area contributed by atoms with Crippen molar-refractivity contribution in [2.75, 3.05) is 0 Å². The van der Waals surface area contributed by atoms with Crippen LogP contribution in [0.3, 0.4) is 0 Å². The van der Waals surface area contributed by atoms with Gasteiger partial charge in [0.2, 0.25) is 0 Å². The first kappa shape index (κ1) is 14.7. The number of nitriles is 1. The molecule has 1 aromatic heterocycles. The van der Waals surface area contributed by atoms with E-state index in [0.29, 0.717) is 5.01 Å². The van der Waals surface area contributed by atoms with Crippen LogP contribution in [0.4, 0.5) is 5.69 Å². The SMILES string of the molecule is N#C/C(=C\c1cc([N+](=O)[O-])ccc1O)c1nc2ccccc2s1. The van der Waals surface area contributed by atoms with Crippen LogP contribution >= 0.6 is 11.3 Å². The smallest absolute Gasteiger partial charge is 0.270 e. The molecule has 0 spiro atoms. The minimum atomic E-state index is -0.555. The van der Waals surface area contributed by atoms with Crippen LogP contribution in [0, 0.1) is 21.4 Å². The van der Waals surface area contributed by atoms with Gasteiger partial charge in [-0.2, -0.15) is 5.26 Å². The number of fused-ring (bicyclic) bond motifs is 1. The fourth-order valence-electron chi connectivity index (χ4n) is 2.06. The molecule has 0 radical (unpaired) electrons. The third-order valence-corrected chi connectivity index (χ3v) is 4.24. The van der Waals surface area contributed by atoms with Crippen LogP contribution in [0.15, 0.2) is 42.5 Å². The summed E-state index contributed by atoms with van der Waals surface area (Å²) in [5, 5.41) is 30.6. The second-order valence-electron chi connectivity index (χ2n) is 4.66. The van der Waals surface area contributed by atoms with Gasteiger partial charge in [-0.25, -0.2) is 4.98 Å². The Labute approximate surface area is 134 Å². The zero-order chi connectivity index (χ0) is 16.4. The van der Waals surface area contributed by atoms with E-state index in [1.165, 1.54) is 35.6 Å². The largest absolute Gasteiger partial charge is 0.507 e. The number of hydrogen-bond donors (Lipinski definition) is 1. The first-order chi connectivity index (χ1) is 11.1. The van der Waals surface area contributed by atoms with Gasteiger partial charge in [-0.05, 0) is 24.3 Å². The third-order valence-electron chi connectivity index (χ3n) is 3.17. The van der Waals surface area contributed by atoms with Gasteiger partial charge < -0.3 is 5.11 Å². The van der Waals surface area contributed by atoms with Crippen LogP contribution in [-0.2, 0) is 0 Å². The maximum atomic E-state index is 10.8. The molecule has 0 amide bonds. The number of phenolic OH excluding ortho intramolecular Hbond substituents is 1. The summed E-state index contributed by atoms with van der Waals surface area (Å²) in [6.45, 7) is 0. The third kappa shape index (κ3) is 2.88. The summed E-state index contributed by atoms with van der Waals surface area (Å²) in [5.41, 5.74) is 1.06. The molecule has 0 atom stereocenters. The first-order valence-corrected chi connectivity index (χ1v) is 7.35. The molecule has 23 heavy (non-hydrogen) atoms. The molecule has 0 bridgehead atoms. The summed E-state index contributed by atoms with van der Waals surface area (Å²) in [5.74, 6) is -0.135. The summed E-state index contributed by atoms with van der Waals surface area (Å²) >= 11 is 1.35. The predicted octanol–water partition coefficient (Wildman–Crippen LogP) is 3.97. The summed E-state index contributed by atoms with van der Waals surface area (Å²) in [6, 6.07) is 13.2. The highest BCUT2D eigenvalue weighted by atomic mass is 32.1. The summed E-state index contributed by atoms with van der Waals surface area (Å²) in [6.07, 6.45) is 1.40. The number of nitrogens with zero attached hydrogens (tertiary/aromatic N) is 3. The molecular formula is C16H9N3O3S. The lowest BCUT2D eigenvalue weighted by Gasteiger charge is -2.00. The molecule has 0 aliphatic rings. The lowest BCUT2D eigenvalue weighted by atomic mass is 10.1. The topological polar surface area (TPSA) is 100 Å². The molecule has 0 saturated heterocycles. The molecule has 0 unspecified atom stereocenters. The number of phenols is 1. The Bertz CT molecular complexity index is 953. The van der Waals surface area contributed by atoms with Gasteiger partial charge >= 0.3 is 0 Å². The molecular weight excluding hydrogens is 314 g/mol. The molecule has 112 valence electrons. The number of nitro benzene ring substituents is 1. The van der Waals surface area contributed by atoms with Crippen LogP contribution in [0.5, 0.6) is 5.75 Å². The van der Waals surface area contributed by atoms with Crippen molar-refractivity contribution in [2.24, 2.45) is 0 Å². The highest BCUT2D eigenvalue weighted by Gasteiger charge is 2.12. The van der Waals surface area contributed by atoms with Crippen molar-refractivity contribution in [2.45, 2.75) is 0 Å². The number of para-hydroxylation sites is 1. The second-order valence-corrected chi connectivity index (χ2v) is 5.69. The van der Waals surface area contributed by atoms with Crippen molar-refractivity contribution in [1.29, 1.82) is 5.26 Å². The van der Waals surface area contributed by atoms with Crippen molar-refractivity contribution in [1.82, 2.24) is 4.98 Å². The van der Waals surface area contributed by atoms with Crippen molar-refractivity contribution in [3.63, 3.8) is 0 Å². The number of rotatable bonds is 3. The Hall–Kier alpha value is -3.24. The number of nitro groups is 1. The van der Waals surface area contributed by atoms with Crippen LogP contribution < -0.4 is 0 Å². The van der Waals surface area contributed by atoms with Crippen LogP contribution in [0.2, 0.25) is 0 Å². The monoisotopic (exact) mass is 323 g/mol. The van der Waals surface area contributed by atoms with Crippen LogP contribution in [0.25, 0.3) is 21.9 Å². The Morgan fingerprint density at radius 1 is 1.35 bits per heavy atom. The number of allylic oxidation sites excluding steroid dienone is 1. The Morgan fingerprint density at radius 2 is 2.13 bits per heavy atom. The molecule has 2 aromatic carbocycles. The molecule has 3 rings (SSSR count). The molecule has 0 saturated carbocycles. The van der Waals surface area contributed by atoms with Crippen LogP contribution in [0.1, 0.15) is 10.6 Å². The Morgan fingerprint density at radius 3 is 2.83 bits per heavy atom. The van der Waals surface area contributed by atoms with E-state index in [0.717, 1.165) is 10.2 Å². The van der Waals surface area contributed by atoms with Gasteiger partial charge in [-0.1, -0.05) is 12.1 Å². The van der Waals surface area contributed by atoms with E-state index in [1.54, 1.807) is 0 Å². The summed E-state index contributed by atoms with van der Waals surface area (Å²) in [7, 11) is 0. The molecule has 6 nitrogen and oxygen atoms in total. The van der Waals surface area contributed by atoms with E-state index in [9.17, 15) is 20.5 Å². The summed E-state index contributed by atoms with van der Waals surface area (Å²) < 4.78 is 0.937. The number of hydrogen-bond acceptors (Lipinski definition) is 6. The summed E-state index contributed by atoms with van der Waals surface area (Å²) in [4.78, 5) is 14.7. The quantitative estimate of drug-likeness (QED) is 0.446. The van der Waals surface area contributed by atoms with Gasteiger partial charge in [-0.3, -0.25) is 10.1 Å². The fraction of sp³-hybridized carbons (Fsp3) is 0. The average Bonchev–Trinajstić information content (AvgIpc) is 2.97. The van der Waals surface area contributed by atoms with Crippen molar-refractivity contribution in [3.8, 4) is 11.8 Å². The Balaban J connectivity index is 2.10. The normalized spacial score (nSPS) is 11.3. The van der Waals surface area contributed by atoms with Gasteiger partial charge in [0.05, 0.1) is 20.7 Å². The lowest BCUT2D eigenvalue weighted by molar-refractivity contribution is -0.384. The zero-order valence-corrected chi connectivity index (χ0v) is 12.4. The molecule has 0 fully saturated rings. The van der Waals surface area contributed by atoms with Gasteiger partial charge in [0.25, 0.3) is 5.69 Å². The van der Waals surface area contributed by atoms with Gasteiger partial charge in [0, 0.05) is 17.7 Å². The van der Waals surface area contributed by atoms with Crippen molar-refractivity contribution >= 4 is 38.9 Å². The number of aromatic nitrogens is 1. The second kappa shape index (κ2) is 5.87. The lowest BCUT2D eigenvalue weighted by Crippen LogP contribution is -1.89. The van der Waals surface area contributed by atoms with E-state index in [-0.39, 0.29) is 22.6 Å². The fourth-order valence-corrected chi connectivity index (χ4v) is 2.99. The van der Waals surface area contributed by atoms with E-state index < -0.39 is 4.92 Å². The number of non-ortho nitro benzene ring substituents is 1. The van der Waals surface area contributed by atoms with E-state index in [2.05, 4.69) is 4.98 Å². The molecule has 0 aliphatic heterocycles. The highest BCUT2D eigenvalue weighted by Crippen LogP contribution is 2.31. The average molecular weight is 323 g/mol. The molecule has 3 aromatic rings. The maximum absolute atomic E-state index is 10.8. The van der Waals surface area contributed by atoms with Crippen LogP contribution in [-0.4, -0.2) is 15.0 Å². The number of aromatic hydroxyl groups is 1. The van der Waals surface area contributed by atoms with E-state index in [1.807, 2.05) is 30.3 Å². The zero-order valence-electron chi connectivity index (χ0n) is 11.6. The van der Waals surface area contributed by atoms with E-state index >= 15 is 0 Å². The standard InChI is InChI=1S/C16H9N3O3S/c17-9-11(16-18-13-3-1-2-4-15(13)23-16)7-10-8-12(19(21)22)5-6-14(10)20/h1-8,20H/b11-7+. The van der Waals surface area contributed by atoms with Gasteiger partial charge in [0.1, 0.15) is 16.8 Å². The first-order valence-electron chi connectivity index (χ1n) is 6.53. The van der Waals surface area contributed by atoms with Crippen molar-refractivity contribution < 1.29 is 10.0 Å². The minimum absolute atomic E-state index is 0.135. The molecule has 0 aliphatic carbocycles. The minimum Gasteiger partial charge on any atom is -0.507 e. The van der Waals surface area contributed by atoms with Gasteiger partial charge in [0.15, 0.2) is 0 Å². The highest BCUT2D eigenvalue weighted by molar-refractivity contribution is 7.19. The van der Waals surface area contributed by atoms with Gasteiger partial charge in [-0.15, -0.1) is 11.3 Å². The molecule has 1 N–H and O–H groups in total. The molecule has 7 heteroatoms. The maximum Gasteiger partial charge on any atom is 0.270 e. The molecule has 1 heterocycles. The van der Waals surface area contributed by atoms with E-state index in [4.69, 9.17) is 0 Å². The van der Waals surface area contributed by atoms with Crippen molar-refractivity contribution in [3.05, 3.63) is 63.1 Å². The Kier molecular flexibility index (Phi) is 3.75.